The summed E-state index contributed by atoms with van der Waals surface area (Å²) in [6.07, 6.45) is 0. The smallest absolute Gasteiger partial charge is 0.274 e. The molecule has 0 bridgehead atoms. The summed E-state index contributed by atoms with van der Waals surface area (Å²) in [5.74, 6) is 0.430. The van der Waals surface area contributed by atoms with Crippen molar-refractivity contribution in [1.82, 2.24) is 4.98 Å². The molecule has 2 rings (SSSR count). The molecule has 0 fully saturated rings. The van der Waals surface area contributed by atoms with Gasteiger partial charge in [0.15, 0.2) is 0 Å². The molecule has 4 heteroatoms. The lowest BCUT2D eigenvalue weighted by molar-refractivity contribution is 0.102. The summed E-state index contributed by atoms with van der Waals surface area (Å²) in [4.78, 5) is 16.3. The van der Waals surface area contributed by atoms with Gasteiger partial charge in [-0.3, -0.25) is 4.79 Å². The standard InChI is InChI=1S/C16H19N3O/c1-10(2)12-7-4-6-11(3)15(12)19-16(20)13-8-5-9-14(17)18-13/h4-10H,1-3H3,(H2,17,18)(H,19,20). The summed E-state index contributed by atoms with van der Waals surface area (Å²) < 4.78 is 0. The Labute approximate surface area is 119 Å². The van der Waals surface area contributed by atoms with Crippen molar-refractivity contribution in [1.29, 1.82) is 0 Å². The summed E-state index contributed by atoms with van der Waals surface area (Å²) in [5, 5.41) is 2.95. The molecule has 0 unspecified atom stereocenters. The second-order valence-corrected chi connectivity index (χ2v) is 5.10. The number of anilines is 2. The fraction of sp³-hybridized carbons (Fsp3) is 0.250. The first-order valence-electron chi connectivity index (χ1n) is 6.62. The molecule has 1 aromatic carbocycles. The number of hydrogen-bond donors (Lipinski definition) is 2. The van der Waals surface area contributed by atoms with E-state index in [9.17, 15) is 4.79 Å². The van der Waals surface area contributed by atoms with Gasteiger partial charge in [-0.05, 0) is 36.1 Å². The van der Waals surface area contributed by atoms with Crippen LogP contribution >= 0.6 is 0 Å². The molecule has 0 saturated heterocycles. The van der Waals surface area contributed by atoms with Gasteiger partial charge in [0.2, 0.25) is 0 Å². The van der Waals surface area contributed by atoms with Crippen molar-refractivity contribution in [3.63, 3.8) is 0 Å². The monoisotopic (exact) mass is 269 g/mol. The van der Waals surface area contributed by atoms with Crippen molar-refractivity contribution < 1.29 is 4.79 Å². The molecular formula is C16H19N3O. The number of hydrogen-bond acceptors (Lipinski definition) is 3. The van der Waals surface area contributed by atoms with Gasteiger partial charge in [0.05, 0.1) is 0 Å². The third-order valence-corrected chi connectivity index (χ3v) is 3.17. The first-order valence-corrected chi connectivity index (χ1v) is 6.62. The van der Waals surface area contributed by atoms with Crippen LogP contribution in [0.2, 0.25) is 0 Å². The van der Waals surface area contributed by atoms with Crippen LogP contribution < -0.4 is 11.1 Å². The lowest BCUT2D eigenvalue weighted by Crippen LogP contribution is -2.16. The maximum Gasteiger partial charge on any atom is 0.274 e. The molecule has 0 saturated carbocycles. The highest BCUT2D eigenvalue weighted by atomic mass is 16.1. The molecular weight excluding hydrogens is 250 g/mol. The molecule has 0 aliphatic carbocycles. The highest BCUT2D eigenvalue weighted by molar-refractivity contribution is 6.04. The molecule has 2 aromatic rings. The largest absolute Gasteiger partial charge is 0.384 e. The van der Waals surface area contributed by atoms with Crippen molar-refractivity contribution >= 4 is 17.4 Å². The number of nitrogens with zero attached hydrogens (tertiary/aromatic N) is 1. The zero-order chi connectivity index (χ0) is 14.7. The zero-order valence-corrected chi connectivity index (χ0v) is 12.0. The van der Waals surface area contributed by atoms with Gasteiger partial charge < -0.3 is 11.1 Å². The normalized spacial score (nSPS) is 10.6. The number of para-hydroxylation sites is 1. The number of carbonyl (C=O) groups excluding carboxylic acids is 1. The summed E-state index contributed by atoms with van der Waals surface area (Å²) in [5.41, 5.74) is 8.94. The highest BCUT2D eigenvalue weighted by Gasteiger charge is 2.14. The molecule has 104 valence electrons. The first-order chi connectivity index (χ1) is 9.49. The van der Waals surface area contributed by atoms with Crippen molar-refractivity contribution in [2.75, 3.05) is 11.1 Å². The van der Waals surface area contributed by atoms with Crippen LogP contribution in [0.1, 0.15) is 41.4 Å². The molecule has 1 heterocycles. The first kappa shape index (κ1) is 14.1. The van der Waals surface area contributed by atoms with Crippen molar-refractivity contribution in [2.45, 2.75) is 26.7 Å². The fourth-order valence-corrected chi connectivity index (χ4v) is 2.10. The molecule has 3 N–H and O–H groups in total. The molecule has 0 atom stereocenters. The quantitative estimate of drug-likeness (QED) is 0.897. The van der Waals surface area contributed by atoms with Gasteiger partial charge >= 0.3 is 0 Å². The average Bonchev–Trinajstić information content (AvgIpc) is 2.40. The van der Waals surface area contributed by atoms with Crippen LogP contribution in [0.5, 0.6) is 0 Å². The molecule has 0 aliphatic rings. The van der Waals surface area contributed by atoms with E-state index < -0.39 is 0 Å². The number of nitrogen functional groups attached to an aromatic ring is 1. The van der Waals surface area contributed by atoms with Gasteiger partial charge in [0.1, 0.15) is 11.5 Å². The number of carbonyl (C=O) groups is 1. The van der Waals surface area contributed by atoms with E-state index >= 15 is 0 Å². The van der Waals surface area contributed by atoms with Crippen molar-refractivity contribution in [3.8, 4) is 0 Å². The van der Waals surface area contributed by atoms with Gasteiger partial charge in [-0.1, -0.05) is 38.1 Å². The number of amides is 1. The SMILES string of the molecule is Cc1cccc(C(C)C)c1NC(=O)c1cccc(N)n1. The molecule has 0 aliphatic heterocycles. The van der Waals surface area contributed by atoms with Gasteiger partial charge in [0.25, 0.3) is 5.91 Å². The number of nitrogens with one attached hydrogen (secondary N) is 1. The predicted octanol–water partition coefficient (Wildman–Crippen LogP) is 3.35. The minimum atomic E-state index is -0.242. The minimum absolute atomic E-state index is 0.242. The minimum Gasteiger partial charge on any atom is -0.384 e. The molecule has 0 spiro atoms. The van der Waals surface area contributed by atoms with Crippen LogP contribution in [0.3, 0.4) is 0 Å². The van der Waals surface area contributed by atoms with Crippen LogP contribution in [-0.2, 0) is 0 Å². The van der Waals surface area contributed by atoms with Gasteiger partial charge in [-0.25, -0.2) is 4.98 Å². The highest BCUT2D eigenvalue weighted by Crippen LogP contribution is 2.27. The van der Waals surface area contributed by atoms with Crippen molar-refractivity contribution in [3.05, 3.63) is 53.2 Å². The van der Waals surface area contributed by atoms with Crippen LogP contribution in [0.4, 0.5) is 11.5 Å². The van der Waals surface area contributed by atoms with E-state index in [0.717, 1.165) is 16.8 Å². The number of benzene rings is 1. The van der Waals surface area contributed by atoms with Crippen LogP contribution in [0.25, 0.3) is 0 Å². The Morgan fingerprint density at radius 2 is 1.90 bits per heavy atom. The van der Waals surface area contributed by atoms with Crippen LogP contribution in [0, 0.1) is 6.92 Å². The molecule has 20 heavy (non-hydrogen) atoms. The molecule has 4 nitrogen and oxygen atoms in total. The van der Waals surface area contributed by atoms with E-state index in [0.29, 0.717) is 17.4 Å². The van der Waals surface area contributed by atoms with E-state index in [4.69, 9.17) is 5.73 Å². The van der Waals surface area contributed by atoms with Gasteiger partial charge in [-0.2, -0.15) is 0 Å². The number of nitrogens with two attached hydrogens (primary N) is 1. The lowest BCUT2D eigenvalue weighted by atomic mass is 9.98. The average molecular weight is 269 g/mol. The van der Waals surface area contributed by atoms with Crippen LogP contribution in [0.15, 0.2) is 36.4 Å². The maximum absolute atomic E-state index is 12.3. The van der Waals surface area contributed by atoms with Crippen molar-refractivity contribution in [2.24, 2.45) is 0 Å². The molecule has 0 radical (unpaired) electrons. The zero-order valence-electron chi connectivity index (χ0n) is 12.0. The summed E-state index contributed by atoms with van der Waals surface area (Å²) in [6, 6.07) is 11.0. The number of rotatable bonds is 3. The van der Waals surface area contributed by atoms with E-state index in [1.807, 2.05) is 25.1 Å². The van der Waals surface area contributed by atoms with E-state index in [1.54, 1.807) is 18.2 Å². The third kappa shape index (κ3) is 2.96. The van der Waals surface area contributed by atoms with E-state index in [2.05, 4.69) is 24.1 Å². The summed E-state index contributed by atoms with van der Waals surface area (Å²) in [7, 11) is 0. The van der Waals surface area contributed by atoms with E-state index in [-0.39, 0.29) is 5.91 Å². The number of aromatic nitrogens is 1. The fourth-order valence-electron chi connectivity index (χ4n) is 2.10. The Hall–Kier alpha value is -2.36. The Bertz CT molecular complexity index is 635. The Morgan fingerprint density at radius 1 is 1.20 bits per heavy atom. The maximum atomic E-state index is 12.3. The second-order valence-electron chi connectivity index (χ2n) is 5.10. The number of aryl methyl sites for hydroxylation is 1. The number of pyridine rings is 1. The topological polar surface area (TPSA) is 68.0 Å². The Kier molecular flexibility index (Phi) is 4.03. The van der Waals surface area contributed by atoms with E-state index in [1.165, 1.54) is 0 Å². The Morgan fingerprint density at radius 3 is 2.55 bits per heavy atom. The van der Waals surface area contributed by atoms with Crippen LogP contribution in [-0.4, -0.2) is 10.9 Å². The van der Waals surface area contributed by atoms with Gasteiger partial charge in [0, 0.05) is 5.69 Å². The Balaban J connectivity index is 2.33. The van der Waals surface area contributed by atoms with Gasteiger partial charge in [-0.15, -0.1) is 0 Å². The lowest BCUT2D eigenvalue weighted by Gasteiger charge is -2.16. The summed E-state index contributed by atoms with van der Waals surface area (Å²) >= 11 is 0. The molecule has 1 amide bonds. The second kappa shape index (κ2) is 5.74. The molecule has 1 aromatic heterocycles. The summed E-state index contributed by atoms with van der Waals surface area (Å²) in [6.45, 7) is 6.18. The predicted molar refractivity (Wildman–Crippen MR) is 81.9 cm³/mol. The third-order valence-electron chi connectivity index (χ3n) is 3.17.